The van der Waals surface area contributed by atoms with E-state index in [0.29, 0.717) is 0 Å². The van der Waals surface area contributed by atoms with Gasteiger partial charge in [0.1, 0.15) is 12.1 Å². The van der Waals surface area contributed by atoms with Crippen LogP contribution in [0.15, 0.2) is 6.07 Å². The number of methoxy groups -OCH3 is 2. The first-order valence-corrected chi connectivity index (χ1v) is 4.72. The summed E-state index contributed by atoms with van der Waals surface area (Å²) in [4.78, 5) is 33.8. The molecule has 0 aliphatic heterocycles. The van der Waals surface area contributed by atoms with Crippen LogP contribution in [-0.4, -0.2) is 41.7 Å². The number of carbonyl (C=O) groups excluding carboxylic acids is 3. The van der Waals surface area contributed by atoms with Crippen molar-refractivity contribution < 1.29 is 23.9 Å². The van der Waals surface area contributed by atoms with Gasteiger partial charge in [-0.15, -0.1) is 0 Å². The van der Waals surface area contributed by atoms with Crippen LogP contribution in [-0.2, 0) is 21.3 Å². The fourth-order valence-electron chi connectivity index (χ4n) is 1.23. The zero-order valence-electron chi connectivity index (χ0n) is 9.72. The second-order valence-corrected chi connectivity index (χ2v) is 3.21. The highest BCUT2D eigenvalue weighted by atomic mass is 16.5. The highest BCUT2D eigenvalue weighted by Gasteiger charge is 2.20. The molecular formula is C10H12N2O5. The van der Waals surface area contributed by atoms with Gasteiger partial charge in [0.2, 0.25) is 0 Å². The summed E-state index contributed by atoms with van der Waals surface area (Å²) in [6, 6.07) is 1.27. The highest BCUT2D eigenvalue weighted by molar-refractivity contribution is 6.05. The third kappa shape index (κ3) is 2.90. The lowest BCUT2D eigenvalue weighted by molar-refractivity contribution is -0.139. The Balaban J connectivity index is 2.91. The molecule has 0 bridgehead atoms. The Morgan fingerprint density at radius 1 is 1.29 bits per heavy atom. The number of Topliss-reactive ketones (excluding diaryl/α,β-unsaturated/α-hetero) is 1. The number of hydrogen-bond acceptors (Lipinski definition) is 6. The van der Waals surface area contributed by atoms with E-state index in [1.807, 2.05) is 0 Å². The molecule has 0 aromatic carbocycles. The monoisotopic (exact) mass is 240 g/mol. The van der Waals surface area contributed by atoms with Crippen molar-refractivity contribution in [3.05, 3.63) is 17.5 Å². The first-order chi connectivity index (χ1) is 7.99. The summed E-state index contributed by atoms with van der Waals surface area (Å²) >= 11 is 0. The molecule has 1 rings (SSSR count). The molecule has 0 aliphatic carbocycles. The maximum atomic E-state index is 11.6. The van der Waals surface area contributed by atoms with E-state index in [0.717, 1.165) is 0 Å². The molecule has 7 nitrogen and oxygen atoms in total. The van der Waals surface area contributed by atoms with Gasteiger partial charge in [-0.2, -0.15) is 5.10 Å². The molecule has 0 radical (unpaired) electrons. The molecule has 0 saturated carbocycles. The second kappa shape index (κ2) is 5.24. The van der Waals surface area contributed by atoms with Crippen LogP contribution < -0.4 is 0 Å². The van der Waals surface area contributed by atoms with Gasteiger partial charge in [-0.05, 0) is 0 Å². The van der Waals surface area contributed by atoms with Gasteiger partial charge in [0, 0.05) is 13.1 Å². The van der Waals surface area contributed by atoms with Gasteiger partial charge in [-0.25, -0.2) is 4.79 Å². The quantitative estimate of drug-likeness (QED) is 0.416. The fourth-order valence-corrected chi connectivity index (χ4v) is 1.23. The largest absolute Gasteiger partial charge is 0.469 e. The molecular weight excluding hydrogens is 228 g/mol. The summed E-state index contributed by atoms with van der Waals surface area (Å²) in [7, 11) is 3.91. The van der Waals surface area contributed by atoms with Gasteiger partial charge in [-0.3, -0.25) is 14.3 Å². The van der Waals surface area contributed by atoms with Crippen LogP contribution in [0, 0.1) is 0 Å². The van der Waals surface area contributed by atoms with Crippen molar-refractivity contribution in [3.63, 3.8) is 0 Å². The molecule has 0 atom stereocenters. The van der Waals surface area contributed by atoms with E-state index in [1.165, 1.54) is 32.0 Å². The molecule has 0 unspecified atom stereocenters. The Bertz CT molecular complexity index is 463. The van der Waals surface area contributed by atoms with E-state index in [9.17, 15) is 14.4 Å². The maximum absolute atomic E-state index is 11.6. The maximum Gasteiger partial charge on any atom is 0.358 e. The van der Waals surface area contributed by atoms with E-state index >= 15 is 0 Å². The van der Waals surface area contributed by atoms with Gasteiger partial charge < -0.3 is 9.47 Å². The van der Waals surface area contributed by atoms with Crippen LogP contribution in [0.25, 0.3) is 0 Å². The first-order valence-electron chi connectivity index (χ1n) is 4.72. The average Bonchev–Trinajstić information content (AvgIpc) is 2.70. The average molecular weight is 240 g/mol. The van der Waals surface area contributed by atoms with Crippen molar-refractivity contribution in [3.8, 4) is 0 Å². The van der Waals surface area contributed by atoms with E-state index in [-0.39, 0.29) is 11.4 Å². The standard InChI is InChI=1S/C10H12N2O5/c1-12-7(8(13)5-9(14)16-2)4-6(11-12)10(15)17-3/h4H,5H2,1-3H3. The number of nitrogens with zero attached hydrogens (tertiary/aromatic N) is 2. The lowest BCUT2D eigenvalue weighted by atomic mass is 10.2. The molecule has 0 amide bonds. The number of aryl methyl sites for hydroxylation is 1. The summed E-state index contributed by atoms with van der Waals surface area (Å²) in [5.74, 6) is -1.75. The molecule has 1 aromatic heterocycles. The number of carbonyl (C=O) groups is 3. The Kier molecular flexibility index (Phi) is 3.97. The summed E-state index contributed by atoms with van der Waals surface area (Å²) in [5, 5.41) is 3.80. The summed E-state index contributed by atoms with van der Waals surface area (Å²) < 4.78 is 10.1. The molecule has 1 aromatic rings. The van der Waals surface area contributed by atoms with E-state index < -0.39 is 24.1 Å². The van der Waals surface area contributed by atoms with Crippen LogP contribution in [0.1, 0.15) is 27.4 Å². The lowest BCUT2D eigenvalue weighted by Gasteiger charge is -1.99. The van der Waals surface area contributed by atoms with E-state index in [1.54, 1.807) is 0 Å². The minimum Gasteiger partial charge on any atom is -0.469 e. The molecule has 0 saturated heterocycles. The van der Waals surface area contributed by atoms with Crippen LogP contribution in [0.5, 0.6) is 0 Å². The van der Waals surface area contributed by atoms with Gasteiger partial charge in [-0.1, -0.05) is 0 Å². The van der Waals surface area contributed by atoms with E-state index in [2.05, 4.69) is 14.6 Å². The van der Waals surface area contributed by atoms with Crippen molar-refractivity contribution >= 4 is 17.7 Å². The Morgan fingerprint density at radius 3 is 2.47 bits per heavy atom. The number of ketones is 1. The van der Waals surface area contributed by atoms with Crippen LogP contribution in [0.2, 0.25) is 0 Å². The summed E-state index contributed by atoms with van der Waals surface area (Å²) in [6.07, 6.45) is -0.392. The zero-order chi connectivity index (χ0) is 13.0. The number of rotatable bonds is 4. The first kappa shape index (κ1) is 12.9. The molecule has 0 N–H and O–H groups in total. The van der Waals surface area contributed by atoms with Crippen molar-refractivity contribution in [2.24, 2.45) is 7.05 Å². The van der Waals surface area contributed by atoms with E-state index in [4.69, 9.17) is 0 Å². The Hall–Kier alpha value is -2.18. The SMILES string of the molecule is COC(=O)CC(=O)c1cc(C(=O)OC)nn1C. The Labute approximate surface area is 97.3 Å². The lowest BCUT2D eigenvalue weighted by Crippen LogP contribution is -2.13. The van der Waals surface area contributed by atoms with Crippen LogP contribution in [0.3, 0.4) is 0 Å². The summed E-state index contributed by atoms with van der Waals surface area (Å²) in [6.45, 7) is 0. The predicted octanol–water partition coefficient (Wildman–Crippen LogP) is -0.0475. The van der Waals surface area contributed by atoms with Crippen molar-refractivity contribution in [1.29, 1.82) is 0 Å². The third-order valence-electron chi connectivity index (χ3n) is 2.09. The normalized spacial score (nSPS) is 9.82. The van der Waals surface area contributed by atoms with Crippen LogP contribution in [0.4, 0.5) is 0 Å². The highest BCUT2D eigenvalue weighted by Crippen LogP contribution is 2.07. The fraction of sp³-hybridized carbons (Fsp3) is 0.400. The molecule has 0 aliphatic rings. The van der Waals surface area contributed by atoms with Gasteiger partial charge in [0.25, 0.3) is 0 Å². The van der Waals surface area contributed by atoms with Crippen molar-refractivity contribution in [2.75, 3.05) is 14.2 Å². The Morgan fingerprint density at radius 2 is 1.94 bits per heavy atom. The molecule has 0 fully saturated rings. The molecule has 1 heterocycles. The second-order valence-electron chi connectivity index (χ2n) is 3.21. The smallest absolute Gasteiger partial charge is 0.358 e. The van der Waals surface area contributed by atoms with Crippen molar-refractivity contribution in [1.82, 2.24) is 9.78 Å². The minimum atomic E-state index is -0.643. The van der Waals surface area contributed by atoms with Crippen LogP contribution >= 0.6 is 0 Å². The zero-order valence-corrected chi connectivity index (χ0v) is 9.72. The topological polar surface area (TPSA) is 87.5 Å². The minimum absolute atomic E-state index is 0.0169. The third-order valence-corrected chi connectivity index (χ3v) is 2.09. The number of ether oxygens (including phenoxy) is 2. The van der Waals surface area contributed by atoms with Gasteiger partial charge >= 0.3 is 11.9 Å². The predicted molar refractivity (Wildman–Crippen MR) is 55.5 cm³/mol. The van der Waals surface area contributed by atoms with Gasteiger partial charge in [0.15, 0.2) is 11.5 Å². The molecule has 92 valence electrons. The number of esters is 2. The molecule has 17 heavy (non-hydrogen) atoms. The number of hydrogen-bond donors (Lipinski definition) is 0. The van der Waals surface area contributed by atoms with Crippen molar-refractivity contribution in [2.45, 2.75) is 6.42 Å². The molecule has 0 spiro atoms. The molecule has 7 heteroatoms. The summed E-state index contributed by atoms with van der Waals surface area (Å²) in [5.41, 5.74) is 0.166. The number of aromatic nitrogens is 2. The van der Waals surface area contributed by atoms with Gasteiger partial charge in [0.05, 0.1) is 14.2 Å².